The molecule has 2 rings (SSSR count). The predicted molar refractivity (Wildman–Crippen MR) is 78.4 cm³/mol. The van der Waals surface area contributed by atoms with Crippen molar-refractivity contribution in [1.29, 1.82) is 0 Å². The van der Waals surface area contributed by atoms with Gasteiger partial charge in [-0.05, 0) is 12.5 Å². The Labute approximate surface area is 124 Å². The number of nitrogens with zero attached hydrogens (tertiary/aromatic N) is 1. The molecule has 1 fully saturated rings. The first-order chi connectivity index (χ1) is 10.2. The molecule has 1 aromatic carbocycles. The number of benzene rings is 1. The molecule has 0 unspecified atom stereocenters. The maximum atomic E-state index is 14.4. The summed E-state index contributed by atoms with van der Waals surface area (Å²) >= 11 is 0. The van der Waals surface area contributed by atoms with Crippen LogP contribution in [0.1, 0.15) is 18.0 Å². The standard InChI is InChI=1S/C15H23FN2O3/c1-20-14-9-11(12(16)10-15(14)21-2)13(3-8-19)18-6-4-17-5-7-18/h9-10,13,17,19H,3-8H2,1-2H3/t13-/m1/s1. The topological polar surface area (TPSA) is 54.0 Å². The molecule has 0 aromatic heterocycles. The number of rotatable bonds is 6. The van der Waals surface area contributed by atoms with Crippen LogP contribution < -0.4 is 14.8 Å². The van der Waals surface area contributed by atoms with E-state index in [9.17, 15) is 9.50 Å². The average Bonchev–Trinajstić information content (AvgIpc) is 2.53. The Kier molecular flexibility index (Phi) is 5.78. The zero-order valence-corrected chi connectivity index (χ0v) is 12.6. The van der Waals surface area contributed by atoms with Crippen molar-refractivity contribution in [3.8, 4) is 11.5 Å². The molecule has 0 amide bonds. The van der Waals surface area contributed by atoms with Crippen LogP contribution in [-0.2, 0) is 0 Å². The van der Waals surface area contributed by atoms with Crippen molar-refractivity contribution >= 4 is 0 Å². The van der Waals surface area contributed by atoms with Crippen LogP contribution in [0.15, 0.2) is 12.1 Å². The second kappa shape index (κ2) is 7.59. The van der Waals surface area contributed by atoms with Crippen LogP contribution in [0.3, 0.4) is 0 Å². The Morgan fingerprint density at radius 3 is 2.43 bits per heavy atom. The second-order valence-electron chi connectivity index (χ2n) is 5.04. The molecule has 21 heavy (non-hydrogen) atoms. The molecule has 1 heterocycles. The molecule has 1 atom stereocenters. The molecule has 6 heteroatoms. The fourth-order valence-corrected chi connectivity index (χ4v) is 2.78. The van der Waals surface area contributed by atoms with E-state index in [1.807, 2.05) is 0 Å². The van der Waals surface area contributed by atoms with Crippen LogP contribution in [0.25, 0.3) is 0 Å². The first kappa shape index (κ1) is 16.0. The molecule has 0 saturated carbocycles. The van der Waals surface area contributed by atoms with Crippen LogP contribution in [0.5, 0.6) is 11.5 Å². The van der Waals surface area contributed by atoms with Gasteiger partial charge in [-0.1, -0.05) is 0 Å². The summed E-state index contributed by atoms with van der Waals surface area (Å²) in [4.78, 5) is 2.19. The number of piperazine rings is 1. The third-order valence-corrected chi connectivity index (χ3v) is 3.86. The number of aliphatic hydroxyl groups is 1. The third kappa shape index (κ3) is 3.64. The molecule has 1 aliphatic heterocycles. The zero-order valence-electron chi connectivity index (χ0n) is 12.6. The Morgan fingerprint density at radius 1 is 1.24 bits per heavy atom. The Bertz CT molecular complexity index is 464. The van der Waals surface area contributed by atoms with Gasteiger partial charge in [0.1, 0.15) is 5.82 Å². The molecule has 118 valence electrons. The predicted octanol–water partition coefficient (Wildman–Crippen LogP) is 1.17. The van der Waals surface area contributed by atoms with E-state index in [-0.39, 0.29) is 18.5 Å². The van der Waals surface area contributed by atoms with Crippen molar-refractivity contribution in [3.63, 3.8) is 0 Å². The fourth-order valence-electron chi connectivity index (χ4n) is 2.78. The van der Waals surface area contributed by atoms with E-state index in [0.717, 1.165) is 26.2 Å². The van der Waals surface area contributed by atoms with Gasteiger partial charge >= 0.3 is 0 Å². The Balaban J connectivity index is 2.34. The number of aliphatic hydroxyl groups excluding tert-OH is 1. The molecule has 0 aliphatic carbocycles. The van der Waals surface area contributed by atoms with Gasteiger partial charge in [0.25, 0.3) is 0 Å². The van der Waals surface area contributed by atoms with Gasteiger partial charge in [-0.25, -0.2) is 4.39 Å². The molecule has 1 aromatic rings. The zero-order chi connectivity index (χ0) is 15.2. The van der Waals surface area contributed by atoms with Crippen LogP contribution >= 0.6 is 0 Å². The summed E-state index contributed by atoms with van der Waals surface area (Å²) in [6, 6.07) is 2.87. The largest absolute Gasteiger partial charge is 0.493 e. The van der Waals surface area contributed by atoms with Crippen LogP contribution in [0.4, 0.5) is 4.39 Å². The van der Waals surface area contributed by atoms with E-state index in [0.29, 0.717) is 23.5 Å². The normalized spacial score (nSPS) is 17.5. The first-order valence-corrected chi connectivity index (χ1v) is 7.18. The highest BCUT2D eigenvalue weighted by atomic mass is 19.1. The van der Waals surface area contributed by atoms with E-state index >= 15 is 0 Å². The summed E-state index contributed by atoms with van der Waals surface area (Å²) in [5.74, 6) is 0.554. The summed E-state index contributed by atoms with van der Waals surface area (Å²) < 4.78 is 24.8. The molecule has 5 nitrogen and oxygen atoms in total. The molecule has 1 aliphatic rings. The maximum absolute atomic E-state index is 14.4. The summed E-state index contributed by atoms with van der Waals surface area (Å²) in [7, 11) is 3.02. The van der Waals surface area contributed by atoms with E-state index < -0.39 is 0 Å². The van der Waals surface area contributed by atoms with Crippen molar-refractivity contribution in [2.75, 3.05) is 47.0 Å². The summed E-state index contributed by atoms with van der Waals surface area (Å²) in [5, 5.41) is 12.6. The van der Waals surface area contributed by atoms with Crippen molar-refractivity contribution < 1.29 is 19.0 Å². The van der Waals surface area contributed by atoms with Gasteiger partial charge in [0.2, 0.25) is 0 Å². The smallest absolute Gasteiger partial charge is 0.163 e. The number of hydrogen-bond donors (Lipinski definition) is 2. The SMILES string of the molecule is COc1cc(F)c([C@@H](CCO)N2CCNCC2)cc1OC. The molecule has 0 spiro atoms. The van der Waals surface area contributed by atoms with Crippen molar-refractivity contribution in [2.24, 2.45) is 0 Å². The van der Waals surface area contributed by atoms with E-state index in [1.54, 1.807) is 6.07 Å². The van der Waals surface area contributed by atoms with E-state index in [4.69, 9.17) is 9.47 Å². The lowest BCUT2D eigenvalue weighted by molar-refractivity contribution is 0.138. The van der Waals surface area contributed by atoms with Gasteiger partial charge in [-0.15, -0.1) is 0 Å². The lowest BCUT2D eigenvalue weighted by Crippen LogP contribution is -2.45. The summed E-state index contributed by atoms with van der Waals surface area (Å²) in [6.45, 7) is 3.42. The van der Waals surface area contributed by atoms with E-state index in [2.05, 4.69) is 10.2 Å². The number of nitrogens with one attached hydrogen (secondary N) is 1. The average molecular weight is 298 g/mol. The highest BCUT2D eigenvalue weighted by Gasteiger charge is 2.25. The maximum Gasteiger partial charge on any atom is 0.163 e. The van der Waals surface area contributed by atoms with Gasteiger partial charge in [-0.3, -0.25) is 4.90 Å². The monoisotopic (exact) mass is 298 g/mol. The number of halogens is 1. The van der Waals surface area contributed by atoms with Crippen LogP contribution in [-0.4, -0.2) is 57.0 Å². The highest BCUT2D eigenvalue weighted by molar-refractivity contribution is 5.44. The first-order valence-electron chi connectivity index (χ1n) is 7.18. The van der Waals surface area contributed by atoms with Crippen molar-refractivity contribution in [3.05, 3.63) is 23.5 Å². The van der Waals surface area contributed by atoms with E-state index in [1.165, 1.54) is 20.3 Å². The van der Waals surface area contributed by atoms with Crippen molar-refractivity contribution in [2.45, 2.75) is 12.5 Å². The molecular formula is C15H23FN2O3. The minimum atomic E-state index is -0.329. The summed E-state index contributed by atoms with van der Waals surface area (Å²) in [6.07, 6.45) is 0.492. The minimum absolute atomic E-state index is 0.0162. The van der Waals surface area contributed by atoms with Gasteiger partial charge in [0.15, 0.2) is 11.5 Å². The number of ether oxygens (including phenoxy) is 2. The summed E-state index contributed by atoms with van der Waals surface area (Å²) in [5.41, 5.74) is 0.545. The number of methoxy groups -OCH3 is 2. The van der Waals surface area contributed by atoms with Crippen LogP contribution in [0.2, 0.25) is 0 Å². The minimum Gasteiger partial charge on any atom is -0.493 e. The van der Waals surface area contributed by atoms with Crippen molar-refractivity contribution in [1.82, 2.24) is 10.2 Å². The van der Waals surface area contributed by atoms with Crippen LogP contribution in [0, 0.1) is 5.82 Å². The van der Waals surface area contributed by atoms with Gasteiger partial charge in [-0.2, -0.15) is 0 Å². The highest BCUT2D eigenvalue weighted by Crippen LogP contribution is 2.35. The molecular weight excluding hydrogens is 275 g/mol. The van der Waals surface area contributed by atoms with Gasteiger partial charge in [0, 0.05) is 50.5 Å². The molecule has 2 N–H and O–H groups in total. The molecule has 1 saturated heterocycles. The lowest BCUT2D eigenvalue weighted by Gasteiger charge is -2.35. The second-order valence-corrected chi connectivity index (χ2v) is 5.04. The third-order valence-electron chi connectivity index (χ3n) is 3.86. The van der Waals surface area contributed by atoms with Gasteiger partial charge < -0.3 is 19.9 Å². The number of hydrogen-bond acceptors (Lipinski definition) is 5. The Morgan fingerprint density at radius 2 is 1.86 bits per heavy atom. The molecule has 0 radical (unpaired) electrons. The molecule has 0 bridgehead atoms. The van der Waals surface area contributed by atoms with Gasteiger partial charge in [0.05, 0.1) is 14.2 Å². The quantitative estimate of drug-likeness (QED) is 0.826. The Hall–Kier alpha value is -1.37. The lowest BCUT2D eigenvalue weighted by atomic mass is 10.00. The fraction of sp³-hybridized carbons (Fsp3) is 0.600.